The lowest BCUT2D eigenvalue weighted by atomic mass is 10.2. The third kappa shape index (κ3) is 5.08. The van der Waals surface area contributed by atoms with Gasteiger partial charge in [0, 0.05) is 31.5 Å². The molecular weight excluding hydrogens is 397 g/mol. The Morgan fingerprint density at radius 2 is 1.82 bits per heavy atom. The van der Waals surface area contributed by atoms with Crippen LogP contribution in [0.15, 0.2) is 59.9 Å². The summed E-state index contributed by atoms with van der Waals surface area (Å²) in [7, 11) is -2.12. The van der Waals surface area contributed by atoms with Crippen LogP contribution in [0, 0.1) is 0 Å². The van der Waals surface area contributed by atoms with E-state index in [1.54, 1.807) is 36.3 Å². The predicted molar refractivity (Wildman–Crippen MR) is 93.6 cm³/mol. The van der Waals surface area contributed by atoms with Gasteiger partial charge in [0.1, 0.15) is 5.75 Å². The van der Waals surface area contributed by atoms with E-state index in [1.807, 2.05) is 0 Å². The molecule has 2 aromatic heterocycles. The minimum atomic E-state index is -4.84. The average Bonchev–Trinajstić information content (AvgIpc) is 3.06. The zero-order chi connectivity index (χ0) is 20.4. The molecule has 0 spiro atoms. The maximum absolute atomic E-state index is 12.3. The Morgan fingerprint density at radius 3 is 2.36 bits per heavy atom. The Bertz CT molecular complexity index is 1050. The lowest BCUT2D eigenvalue weighted by Gasteiger charge is -2.10. The highest BCUT2D eigenvalue weighted by Gasteiger charge is 2.31. The number of nitrogens with zero attached hydrogens (tertiary/aromatic N) is 3. The molecule has 0 aliphatic rings. The zero-order valence-electron chi connectivity index (χ0n) is 14.5. The molecule has 0 atom stereocenters. The quantitative estimate of drug-likeness (QED) is 0.673. The van der Waals surface area contributed by atoms with E-state index in [9.17, 15) is 21.6 Å². The van der Waals surface area contributed by atoms with E-state index in [2.05, 4.69) is 19.5 Å². The van der Waals surface area contributed by atoms with Crippen molar-refractivity contribution < 1.29 is 26.3 Å². The van der Waals surface area contributed by atoms with E-state index in [4.69, 9.17) is 0 Å². The standard InChI is InChI=1S/C17H15F3N4O3S/c1-24-11-13(10-22-24)16-7-2-12(8-21-16)9-23-28(25,26)15-5-3-14(4-6-15)27-17(18,19)20/h2-8,10-11,23H,9H2,1H3. The molecule has 0 saturated carbocycles. The van der Waals surface area contributed by atoms with Gasteiger partial charge in [-0.25, -0.2) is 13.1 Å². The van der Waals surface area contributed by atoms with Crippen LogP contribution in [-0.2, 0) is 23.6 Å². The molecule has 28 heavy (non-hydrogen) atoms. The molecule has 0 unspecified atom stereocenters. The lowest BCUT2D eigenvalue weighted by Crippen LogP contribution is -2.23. The largest absolute Gasteiger partial charge is 0.573 e. The van der Waals surface area contributed by atoms with Crippen LogP contribution in [0.1, 0.15) is 5.56 Å². The molecule has 11 heteroatoms. The SMILES string of the molecule is Cn1cc(-c2ccc(CNS(=O)(=O)c3ccc(OC(F)(F)F)cc3)cn2)cn1. The van der Waals surface area contributed by atoms with Crippen molar-refractivity contribution in [1.29, 1.82) is 0 Å². The van der Waals surface area contributed by atoms with Crippen molar-refractivity contribution in [2.75, 3.05) is 0 Å². The highest BCUT2D eigenvalue weighted by Crippen LogP contribution is 2.24. The fraction of sp³-hybridized carbons (Fsp3) is 0.176. The highest BCUT2D eigenvalue weighted by atomic mass is 32.2. The fourth-order valence-electron chi connectivity index (χ4n) is 2.34. The number of sulfonamides is 1. The van der Waals surface area contributed by atoms with Crippen LogP contribution in [0.2, 0.25) is 0 Å². The number of benzene rings is 1. The second-order valence-electron chi connectivity index (χ2n) is 5.80. The zero-order valence-corrected chi connectivity index (χ0v) is 15.3. The summed E-state index contributed by atoms with van der Waals surface area (Å²) in [6, 6.07) is 7.40. The van der Waals surface area contributed by atoms with Crippen LogP contribution in [0.5, 0.6) is 5.75 Å². The van der Waals surface area contributed by atoms with E-state index < -0.39 is 22.1 Å². The first-order chi connectivity index (χ1) is 13.1. The van der Waals surface area contributed by atoms with E-state index in [-0.39, 0.29) is 11.4 Å². The van der Waals surface area contributed by atoms with Gasteiger partial charge < -0.3 is 4.74 Å². The minimum absolute atomic E-state index is 0.0243. The van der Waals surface area contributed by atoms with Gasteiger partial charge >= 0.3 is 6.36 Å². The van der Waals surface area contributed by atoms with Crippen LogP contribution >= 0.6 is 0 Å². The third-order valence-electron chi connectivity index (χ3n) is 3.66. The molecule has 0 fully saturated rings. The number of nitrogens with one attached hydrogen (secondary N) is 1. The summed E-state index contributed by atoms with van der Waals surface area (Å²) in [4.78, 5) is 4.09. The number of aromatic nitrogens is 3. The first kappa shape index (κ1) is 19.8. The van der Waals surface area contributed by atoms with Crippen LogP contribution in [-0.4, -0.2) is 29.5 Å². The second-order valence-corrected chi connectivity index (χ2v) is 7.57. The summed E-state index contributed by atoms with van der Waals surface area (Å²) in [6.07, 6.45) is 0.159. The highest BCUT2D eigenvalue weighted by molar-refractivity contribution is 7.89. The Balaban J connectivity index is 1.64. The molecule has 148 valence electrons. The lowest BCUT2D eigenvalue weighted by molar-refractivity contribution is -0.274. The summed E-state index contributed by atoms with van der Waals surface area (Å²) in [5.74, 6) is -0.498. The maximum atomic E-state index is 12.3. The van der Waals surface area contributed by atoms with Crippen molar-refractivity contribution in [3.63, 3.8) is 0 Å². The van der Waals surface area contributed by atoms with Gasteiger partial charge in [0.2, 0.25) is 10.0 Å². The number of rotatable bonds is 6. The molecule has 0 radical (unpaired) electrons. The van der Waals surface area contributed by atoms with Crippen molar-refractivity contribution >= 4 is 10.0 Å². The topological polar surface area (TPSA) is 86.1 Å². The maximum Gasteiger partial charge on any atom is 0.573 e. The molecule has 0 aliphatic heterocycles. The Kier molecular flexibility index (Phi) is 5.38. The minimum Gasteiger partial charge on any atom is -0.406 e. The number of aryl methyl sites for hydroxylation is 1. The van der Waals surface area contributed by atoms with E-state index in [0.717, 1.165) is 29.8 Å². The average molecular weight is 412 g/mol. The summed E-state index contributed by atoms with van der Waals surface area (Å²) >= 11 is 0. The molecule has 2 heterocycles. The first-order valence-electron chi connectivity index (χ1n) is 7.92. The molecule has 1 N–H and O–H groups in total. The summed E-state index contributed by atoms with van der Waals surface area (Å²) in [5, 5.41) is 4.06. The van der Waals surface area contributed by atoms with Crippen molar-refractivity contribution in [3.05, 3.63) is 60.6 Å². The molecule has 0 amide bonds. The van der Waals surface area contributed by atoms with Gasteiger partial charge in [-0.05, 0) is 35.9 Å². The van der Waals surface area contributed by atoms with Gasteiger partial charge in [-0.2, -0.15) is 5.10 Å². The number of pyridine rings is 1. The van der Waals surface area contributed by atoms with E-state index in [1.165, 1.54) is 6.20 Å². The Hall–Kier alpha value is -2.92. The van der Waals surface area contributed by atoms with Gasteiger partial charge in [0.15, 0.2) is 0 Å². The normalized spacial score (nSPS) is 12.1. The summed E-state index contributed by atoms with van der Waals surface area (Å²) in [5.41, 5.74) is 2.14. The fourth-order valence-corrected chi connectivity index (χ4v) is 3.35. The number of halogens is 3. The van der Waals surface area contributed by atoms with Gasteiger partial charge in [-0.3, -0.25) is 9.67 Å². The summed E-state index contributed by atoms with van der Waals surface area (Å²) < 4.78 is 68.8. The monoisotopic (exact) mass is 412 g/mol. The van der Waals surface area contributed by atoms with Gasteiger partial charge in [0.25, 0.3) is 0 Å². The van der Waals surface area contributed by atoms with E-state index >= 15 is 0 Å². The Labute approximate surface area is 158 Å². The number of hydrogen-bond donors (Lipinski definition) is 1. The van der Waals surface area contributed by atoms with Crippen molar-refractivity contribution in [2.24, 2.45) is 7.05 Å². The summed E-state index contributed by atoms with van der Waals surface area (Å²) in [6.45, 7) is -0.0243. The predicted octanol–water partition coefficient (Wildman–Crippen LogP) is 2.86. The van der Waals surface area contributed by atoms with Crippen LogP contribution in [0.3, 0.4) is 0 Å². The molecular formula is C17H15F3N4O3S. The van der Waals surface area contributed by atoms with Crippen molar-refractivity contribution in [2.45, 2.75) is 17.8 Å². The molecule has 0 aliphatic carbocycles. The van der Waals surface area contributed by atoms with Gasteiger partial charge in [0.05, 0.1) is 16.8 Å². The van der Waals surface area contributed by atoms with Crippen LogP contribution < -0.4 is 9.46 Å². The second kappa shape index (κ2) is 7.60. The molecule has 0 saturated heterocycles. The number of alkyl halides is 3. The molecule has 0 bridgehead atoms. The first-order valence-corrected chi connectivity index (χ1v) is 9.40. The number of hydrogen-bond acceptors (Lipinski definition) is 5. The van der Waals surface area contributed by atoms with E-state index in [0.29, 0.717) is 11.3 Å². The van der Waals surface area contributed by atoms with Gasteiger partial charge in [-0.1, -0.05) is 6.07 Å². The smallest absolute Gasteiger partial charge is 0.406 e. The number of ether oxygens (including phenoxy) is 1. The Morgan fingerprint density at radius 1 is 1.11 bits per heavy atom. The molecule has 3 rings (SSSR count). The molecule has 1 aromatic carbocycles. The van der Waals surface area contributed by atoms with Crippen LogP contribution in [0.25, 0.3) is 11.3 Å². The van der Waals surface area contributed by atoms with Crippen LogP contribution in [0.4, 0.5) is 13.2 Å². The third-order valence-corrected chi connectivity index (χ3v) is 5.08. The molecule has 7 nitrogen and oxygen atoms in total. The molecule has 3 aromatic rings. The van der Waals surface area contributed by atoms with Crippen molar-refractivity contribution in [3.8, 4) is 17.0 Å². The van der Waals surface area contributed by atoms with Gasteiger partial charge in [-0.15, -0.1) is 13.2 Å². The van der Waals surface area contributed by atoms with Crippen molar-refractivity contribution in [1.82, 2.24) is 19.5 Å².